The van der Waals surface area contributed by atoms with E-state index in [9.17, 15) is 18.0 Å². The van der Waals surface area contributed by atoms with Gasteiger partial charge in [-0.3, -0.25) is 4.90 Å². The molecule has 0 saturated carbocycles. The van der Waals surface area contributed by atoms with Crippen molar-refractivity contribution in [3.63, 3.8) is 0 Å². The number of urea groups is 1. The van der Waals surface area contributed by atoms with Crippen LogP contribution in [0.2, 0.25) is 0 Å². The molecule has 4 rings (SSSR count). The van der Waals surface area contributed by atoms with Gasteiger partial charge in [-0.2, -0.15) is 13.2 Å². The van der Waals surface area contributed by atoms with Crippen molar-refractivity contribution in [2.75, 3.05) is 39.8 Å². The molecule has 2 amide bonds. The van der Waals surface area contributed by atoms with Gasteiger partial charge in [0.05, 0.1) is 7.11 Å². The summed E-state index contributed by atoms with van der Waals surface area (Å²) in [6, 6.07) is 10.4. The Hall–Kier alpha value is -3.34. The number of amides is 2. The molecule has 1 N–H and O–H groups in total. The summed E-state index contributed by atoms with van der Waals surface area (Å²) in [7, 11) is 1.59. The highest BCUT2D eigenvalue weighted by atomic mass is 19.4. The summed E-state index contributed by atoms with van der Waals surface area (Å²) in [5.74, 6) is -0.211. The maximum Gasteiger partial charge on any atom is 0.449 e. The van der Waals surface area contributed by atoms with Crippen molar-refractivity contribution in [3.05, 3.63) is 54.0 Å². The molecule has 33 heavy (non-hydrogen) atoms. The second kappa shape index (κ2) is 9.65. The first-order valence-electron chi connectivity index (χ1n) is 10.6. The first kappa shape index (κ1) is 22.8. The zero-order chi connectivity index (χ0) is 23.4. The number of nitrogens with one attached hydrogen (secondary N) is 1. The number of aromatic nitrogens is 3. The minimum Gasteiger partial charge on any atom is -0.497 e. The van der Waals surface area contributed by atoms with Gasteiger partial charge in [0, 0.05) is 52.0 Å². The number of ether oxygens (including phenoxy) is 1. The molecule has 11 heteroatoms. The van der Waals surface area contributed by atoms with Gasteiger partial charge in [0.1, 0.15) is 11.3 Å². The van der Waals surface area contributed by atoms with E-state index >= 15 is 0 Å². The standard InChI is InChI=1S/C22H25F3N6O2/c1-33-17-5-2-4-16(14-17)15-27-21(32)30-11-8-29(9-12-30)10-13-31-19-18(6-3-7-26-19)28-20(31)22(23,24)25/h2-7,14H,8-13,15H2,1H3,(H,27,32). The summed E-state index contributed by atoms with van der Waals surface area (Å²) in [6.07, 6.45) is -3.09. The number of imidazole rings is 1. The fraction of sp³-hybridized carbons (Fsp3) is 0.409. The van der Waals surface area contributed by atoms with Crippen LogP contribution in [0.25, 0.3) is 11.2 Å². The van der Waals surface area contributed by atoms with Crippen molar-refractivity contribution < 1.29 is 22.7 Å². The van der Waals surface area contributed by atoms with E-state index in [0.29, 0.717) is 39.3 Å². The quantitative estimate of drug-likeness (QED) is 0.610. The van der Waals surface area contributed by atoms with E-state index in [1.807, 2.05) is 29.2 Å². The minimum absolute atomic E-state index is 0.115. The molecular formula is C22H25F3N6O2. The number of fused-ring (bicyclic) bond motifs is 1. The van der Waals surface area contributed by atoms with Crippen LogP contribution in [-0.2, 0) is 19.3 Å². The van der Waals surface area contributed by atoms with E-state index in [0.717, 1.165) is 15.9 Å². The molecular weight excluding hydrogens is 437 g/mol. The zero-order valence-corrected chi connectivity index (χ0v) is 18.2. The minimum atomic E-state index is -4.56. The van der Waals surface area contributed by atoms with Gasteiger partial charge in [-0.1, -0.05) is 12.1 Å². The average Bonchev–Trinajstić information content (AvgIpc) is 3.21. The lowest BCUT2D eigenvalue weighted by Gasteiger charge is -2.34. The van der Waals surface area contributed by atoms with Crippen LogP contribution in [0, 0.1) is 0 Å². The number of pyridine rings is 1. The molecule has 1 aliphatic rings. The van der Waals surface area contributed by atoms with Gasteiger partial charge < -0.3 is 19.5 Å². The van der Waals surface area contributed by atoms with Crippen molar-refractivity contribution in [2.45, 2.75) is 19.3 Å². The van der Waals surface area contributed by atoms with Gasteiger partial charge in [0.15, 0.2) is 5.65 Å². The number of carbonyl (C=O) groups excluding carboxylic acids is 1. The van der Waals surface area contributed by atoms with Crippen LogP contribution in [0.4, 0.5) is 18.0 Å². The van der Waals surface area contributed by atoms with Crippen LogP contribution in [0.5, 0.6) is 5.75 Å². The van der Waals surface area contributed by atoms with Gasteiger partial charge in [-0.15, -0.1) is 0 Å². The van der Waals surface area contributed by atoms with E-state index in [-0.39, 0.29) is 23.7 Å². The van der Waals surface area contributed by atoms with Crippen molar-refractivity contribution in [1.29, 1.82) is 0 Å². The van der Waals surface area contributed by atoms with Crippen molar-refractivity contribution in [1.82, 2.24) is 29.7 Å². The van der Waals surface area contributed by atoms with E-state index < -0.39 is 12.0 Å². The van der Waals surface area contributed by atoms with Gasteiger partial charge in [-0.25, -0.2) is 14.8 Å². The summed E-state index contributed by atoms with van der Waals surface area (Å²) in [5, 5.41) is 2.90. The van der Waals surface area contributed by atoms with Crippen molar-refractivity contribution in [2.24, 2.45) is 0 Å². The Morgan fingerprint density at radius 3 is 2.64 bits per heavy atom. The topological polar surface area (TPSA) is 75.5 Å². The molecule has 0 unspecified atom stereocenters. The highest BCUT2D eigenvalue weighted by Crippen LogP contribution is 2.30. The first-order chi connectivity index (χ1) is 15.8. The second-order valence-corrected chi connectivity index (χ2v) is 7.77. The number of hydrogen-bond donors (Lipinski definition) is 1. The number of methoxy groups -OCH3 is 1. The number of rotatable bonds is 6. The lowest BCUT2D eigenvalue weighted by molar-refractivity contribution is -0.147. The third-order valence-corrected chi connectivity index (χ3v) is 5.63. The van der Waals surface area contributed by atoms with E-state index in [1.165, 1.54) is 12.3 Å². The summed E-state index contributed by atoms with van der Waals surface area (Å²) < 4.78 is 46.7. The molecule has 0 spiro atoms. The normalized spacial score (nSPS) is 15.1. The molecule has 3 heterocycles. The lowest BCUT2D eigenvalue weighted by Crippen LogP contribution is -2.52. The SMILES string of the molecule is COc1cccc(CNC(=O)N2CCN(CCn3c(C(F)(F)F)nc4cccnc43)CC2)c1. The fourth-order valence-electron chi connectivity index (χ4n) is 3.87. The van der Waals surface area contributed by atoms with Gasteiger partial charge in [-0.05, 0) is 29.8 Å². The van der Waals surface area contributed by atoms with E-state index in [1.54, 1.807) is 18.1 Å². The number of alkyl halides is 3. The van der Waals surface area contributed by atoms with Gasteiger partial charge in [0.2, 0.25) is 5.82 Å². The molecule has 1 aromatic carbocycles. The number of benzene rings is 1. The summed E-state index contributed by atoms with van der Waals surface area (Å²) in [4.78, 5) is 24.1. The maximum atomic E-state index is 13.4. The first-order valence-corrected chi connectivity index (χ1v) is 10.6. The van der Waals surface area contributed by atoms with Crippen LogP contribution in [0.15, 0.2) is 42.6 Å². The van der Waals surface area contributed by atoms with Crippen LogP contribution in [0.1, 0.15) is 11.4 Å². The molecule has 0 radical (unpaired) electrons. The smallest absolute Gasteiger partial charge is 0.449 e. The Bertz CT molecular complexity index is 1110. The average molecular weight is 462 g/mol. The van der Waals surface area contributed by atoms with Crippen LogP contribution in [-0.4, -0.2) is 70.2 Å². The lowest BCUT2D eigenvalue weighted by atomic mass is 10.2. The Balaban J connectivity index is 1.30. The third-order valence-electron chi connectivity index (χ3n) is 5.63. The molecule has 8 nitrogen and oxygen atoms in total. The predicted molar refractivity (Wildman–Crippen MR) is 116 cm³/mol. The van der Waals surface area contributed by atoms with Gasteiger partial charge in [0.25, 0.3) is 0 Å². The summed E-state index contributed by atoms with van der Waals surface area (Å²) in [6.45, 7) is 3.06. The Labute approximate surface area is 189 Å². The predicted octanol–water partition coefficient (Wildman–Crippen LogP) is 2.99. The number of hydrogen-bond acceptors (Lipinski definition) is 5. The zero-order valence-electron chi connectivity index (χ0n) is 18.2. The number of nitrogens with zero attached hydrogens (tertiary/aromatic N) is 5. The molecule has 1 saturated heterocycles. The highest BCUT2D eigenvalue weighted by molar-refractivity contribution is 5.74. The number of halogens is 3. The van der Waals surface area contributed by atoms with E-state index in [4.69, 9.17) is 4.74 Å². The Kier molecular flexibility index (Phi) is 6.68. The summed E-state index contributed by atoms with van der Waals surface area (Å²) >= 11 is 0. The molecule has 1 aliphatic heterocycles. The van der Waals surface area contributed by atoms with Crippen LogP contribution in [0.3, 0.4) is 0 Å². The number of carbonyl (C=O) groups is 1. The molecule has 0 atom stereocenters. The molecule has 2 aromatic heterocycles. The monoisotopic (exact) mass is 462 g/mol. The van der Waals surface area contributed by atoms with Crippen LogP contribution >= 0.6 is 0 Å². The van der Waals surface area contributed by atoms with E-state index in [2.05, 4.69) is 15.3 Å². The third kappa shape index (κ3) is 5.36. The molecule has 1 fully saturated rings. The van der Waals surface area contributed by atoms with Crippen LogP contribution < -0.4 is 10.1 Å². The van der Waals surface area contributed by atoms with Gasteiger partial charge >= 0.3 is 12.2 Å². The molecule has 176 valence electrons. The Morgan fingerprint density at radius 1 is 1.12 bits per heavy atom. The second-order valence-electron chi connectivity index (χ2n) is 7.77. The molecule has 0 aliphatic carbocycles. The molecule has 0 bridgehead atoms. The van der Waals surface area contributed by atoms with Crippen molar-refractivity contribution >= 4 is 17.2 Å². The highest BCUT2D eigenvalue weighted by Gasteiger charge is 2.38. The number of piperazine rings is 1. The fourth-order valence-corrected chi connectivity index (χ4v) is 3.87. The molecule has 3 aromatic rings. The largest absolute Gasteiger partial charge is 0.497 e. The summed E-state index contributed by atoms with van der Waals surface area (Å²) in [5.41, 5.74) is 1.38. The maximum absolute atomic E-state index is 13.4. The Morgan fingerprint density at radius 2 is 1.91 bits per heavy atom. The van der Waals surface area contributed by atoms with Crippen molar-refractivity contribution in [3.8, 4) is 5.75 Å².